The molecule has 2 amide bonds. The van der Waals surface area contributed by atoms with Gasteiger partial charge in [0.15, 0.2) is 5.78 Å². The van der Waals surface area contributed by atoms with Gasteiger partial charge in [0, 0.05) is 30.3 Å². The van der Waals surface area contributed by atoms with Crippen molar-refractivity contribution >= 4 is 17.6 Å². The second-order valence-electron chi connectivity index (χ2n) is 6.76. The number of carbonyl (C=O) groups excluding carboxylic acids is 3. The molecule has 2 aromatic rings. The van der Waals surface area contributed by atoms with E-state index < -0.39 is 5.91 Å². The van der Waals surface area contributed by atoms with Crippen molar-refractivity contribution in [3.05, 3.63) is 76.1 Å². The van der Waals surface area contributed by atoms with E-state index >= 15 is 0 Å². The SMILES string of the molecule is COc1cccc(C(=O)/C=C2\N=c3ccc(C(=O)N4CCOCC4)cc3=NC2=O)c1. The predicted molar refractivity (Wildman–Crippen MR) is 106 cm³/mol. The van der Waals surface area contributed by atoms with Crippen LogP contribution in [0.1, 0.15) is 20.7 Å². The standard InChI is InChI=1S/C22H19N3O5/c1-29-16-4-2-3-14(11-16)20(26)13-19-21(27)24-18-12-15(5-6-17(18)23-19)22(28)25-7-9-30-10-8-25/h2-6,11-13H,7-10H2,1H3/b19-13-. The molecule has 2 aromatic carbocycles. The average molecular weight is 405 g/mol. The minimum atomic E-state index is -0.630. The summed E-state index contributed by atoms with van der Waals surface area (Å²) in [5.74, 6) is -0.606. The van der Waals surface area contributed by atoms with Crippen molar-refractivity contribution in [3.63, 3.8) is 0 Å². The molecular formula is C22H19N3O5. The van der Waals surface area contributed by atoms with Crippen LogP contribution in [0.4, 0.5) is 0 Å². The van der Waals surface area contributed by atoms with Gasteiger partial charge in [-0.3, -0.25) is 14.4 Å². The summed E-state index contributed by atoms with van der Waals surface area (Å²) in [6.45, 7) is 2.06. The summed E-state index contributed by atoms with van der Waals surface area (Å²) in [4.78, 5) is 47.5. The second-order valence-corrected chi connectivity index (χ2v) is 6.76. The number of ketones is 1. The predicted octanol–water partition coefficient (Wildman–Crippen LogP) is 0.714. The molecule has 2 aliphatic rings. The molecule has 0 aliphatic carbocycles. The van der Waals surface area contributed by atoms with Crippen LogP contribution in [0, 0.1) is 0 Å². The van der Waals surface area contributed by atoms with E-state index in [-0.39, 0.29) is 17.4 Å². The third-order valence-electron chi connectivity index (χ3n) is 4.82. The monoisotopic (exact) mass is 405 g/mol. The van der Waals surface area contributed by atoms with Gasteiger partial charge in [0.05, 0.1) is 31.0 Å². The van der Waals surface area contributed by atoms with Crippen molar-refractivity contribution in [3.8, 4) is 5.75 Å². The molecular weight excluding hydrogens is 386 g/mol. The number of methoxy groups -OCH3 is 1. The molecule has 152 valence electrons. The maximum absolute atomic E-state index is 12.6. The zero-order valence-corrected chi connectivity index (χ0v) is 16.3. The first-order valence-electron chi connectivity index (χ1n) is 9.44. The third kappa shape index (κ3) is 4.04. The molecule has 8 heteroatoms. The van der Waals surface area contributed by atoms with Crippen LogP contribution in [0.2, 0.25) is 0 Å². The van der Waals surface area contributed by atoms with Crippen LogP contribution in [0.25, 0.3) is 0 Å². The van der Waals surface area contributed by atoms with Gasteiger partial charge < -0.3 is 14.4 Å². The Morgan fingerprint density at radius 3 is 2.60 bits per heavy atom. The molecule has 0 radical (unpaired) electrons. The highest BCUT2D eigenvalue weighted by atomic mass is 16.5. The van der Waals surface area contributed by atoms with E-state index in [4.69, 9.17) is 9.47 Å². The number of hydrogen-bond acceptors (Lipinski definition) is 6. The fraction of sp³-hybridized carbons (Fsp3) is 0.227. The van der Waals surface area contributed by atoms with Gasteiger partial charge in [-0.15, -0.1) is 0 Å². The minimum absolute atomic E-state index is 0.0532. The van der Waals surface area contributed by atoms with Crippen molar-refractivity contribution < 1.29 is 23.9 Å². The van der Waals surface area contributed by atoms with Gasteiger partial charge in [0.1, 0.15) is 11.4 Å². The lowest BCUT2D eigenvalue weighted by molar-refractivity contribution is -0.114. The molecule has 0 spiro atoms. The van der Waals surface area contributed by atoms with Crippen LogP contribution >= 0.6 is 0 Å². The second kappa shape index (κ2) is 8.38. The highest BCUT2D eigenvalue weighted by molar-refractivity contribution is 6.10. The molecule has 0 bridgehead atoms. The molecule has 4 rings (SSSR count). The van der Waals surface area contributed by atoms with E-state index in [0.29, 0.717) is 53.9 Å². The Labute approximate surface area is 172 Å². The molecule has 0 aromatic heterocycles. The summed E-state index contributed by atoms with van der Waals surface area (Å²) in [6, 6.07) is 11.5. The Morgan fingerprint density at radius 2 is 1.83 bits per heavy atom. The lowest BCUT2D eigenvalue weighted by Crippen LogP contribution is -2.41. The Balaban J connectivity index is 1.62. The zero-order chi connectivity index (χ0) is 21.1. The molecule has 0 atom stereocenters. The molecule has 2 aliphatic heterocycles. The molecule has 0 N–H and O–H groups in total. The Hall–Kier alpha value is -3.65. The van der Waals surface area contributed by atoms with Gasteiger partial charge in [-0.05, 0) is 30.3 Å². The van der Waals surface area contributed by atoms with Crippen LogP contribution in [0.3, 0.4) is 0 Å². The highest BCUT2D eigenvalue weighted by Crippen LogP contribution is 2.15. The van der Waals surface area contributed by atoms with Gasteiger partial charge in [0.2, 0.25) is 0 Å². The van der Waals surface area contributed by atoms with Crippen LogP contribution < -0.4 is 15.5 Å². The van der Waals surface area contributed by atoms with Crippen molar-refractivity contribution in [2.45, 2.75) is 0 Å². The van der Waals surface area contributed by atoms with E-state index in [1.807, 2.05) is 0 Å². The van der Waals surface area contributed by atoms with Crippen molar-refractivity contribution in [2.75, 3.05) is 33.4 Å². The average Bonchev–Trinajstić information content (AvgIpc) is 2.79. The summed E-state index contributed by atoms with van der Waals surface area (Å²) in [5, 5.41) is 0.739. The topological polar surface area (TPSA) is 97.6 Å². The Bertz CT molecular complexity index is 1180. The summed E-state index contributed by atoms with van der Waals surface area (Å²) in [7, 11) is 1.51. The Morgan fingerprint density at radius 1 is 1.03 bits per heavy atom. The van der Waals surface area contributed by atoms with Crippen LogP contribution in [0.5, 0.6) is 5.75 Å². The van der Waals surface area contributed by atoms with Gasteiger partial charge in [-0.25, -0.2) is 9.98 Å². The number of carbonyl (C=O) groups is 3. The van der Waals surface area contributed by atoms with Crippen LogP contribution in [0.15, 0.2) is 64.2 Å². The maximum Gasteiger partial charge on any atom is 0.296 e. The van der Waals surface area contributed by atoms with E-state index in [1.54, 1.807) is 47.4 Å². The first-order chi connectivity index (χ1) is 14.5. The number of fused-ring (bicyclic) bond motifs is 1. The van der Waals surface area contributed by atoms with Gasteiger partial charge >= 0.3 is 0 Å². The minimum Gasteiger partial charge on any atom is -0.497 e. The first kappa shape index (κ1) is 19.7. The Kier molecular flexibility index (Phi) is 5.49. The molecule has 8 nitrogen and oxygen atoms in total. The normalized spacial score (nSPS) is 17.0. The lowest BCUT2D eigenvalue weighted by atomic mass is 10.1. The van der Waals surface area contributed by atoms with Gasteiger partial charge in [0.25, 0.3) is 11.8 Å². The summed E-state index contributed by atoms with van der Waals surface area (Å²) < 4.78 is 10.4. The number of benzene rings is 2. The largest absolute Gasteiger partial charge is 0.497 e. The molecule has 1 saturated heterocycles. The van der Waals surface area contributed by atoms with E-state index in [0.717, 1.165) is 6.08 Å². The smallest absolute Gasteiger partial charge is 0.296 e. The summed E-state index contributed by atoms with van der Waals surface area (Å²) in [5.41, 5.74) is 0.756. The van der Waals surface area contributed by atoms with Gasteiger partial charge in [-0.1, -0.05) is 12.1 Å². The molecule has 0 unspecified atom stereocenters. The van der Waals surface area contributed by atoms with Crippen molar-refractivity contribution in [1.29, 1.82) is 0 Å². The summed E-state index contributed by atoms with van der Waals surface area (Å²) in [6.07, 6.45) is 1.16. The fourth-order valence-corrected chi connectivity index (χ4v) is 3.21. The first-order valence-corrected chi connectivity index (χ1v) is 9.44. The summed E-state index contributed by atoms with van der Waals surface area (Å²) >= 11 is 0. The van der Waals surface area contributed by atoms with E-state index in [2.05, 4.69) is 9.98 Å². The number of hydrogen-bond donors (Lipinski definition) is 0. The molecule has 2 heterocycles. The zero-order valence-electron chi connectivity index (χ0n) is 16.3. The number of rotatable bonds is 4. The van der Waals surface area contributed by atoms with Crippen LogP contribution in [-0.2, 0) is 9.53 Å². The number of nitrogens with zero attached hydrogens (tertiary/aromatic N) is 3. The molecule has 1 fully saturated rings. The van der Waals surface area contributed by atoms with Crippen molar-refractivity contribution in [1.82, 2.24) is 4.90 Å². The molecule has 0 saturated carbocycles. The number of allylic oxidation sites excluding steroid dienone is 1. The molecule has 30 heavy (non-hydrogen) atoms. The van der Waals surface area contributed by atoms with E-state index in [9.17, 15) is 14.4 Å². The number of amides is 2. The fourth-order valence-electron chi connectivity index (χ4n) is 3.21. The van der Waals surface area contributed by atoms with E-state index in [1.165, 1.54) is 7.11 Å². The quantitative estimate of drug-likeness (QED) is 0.551. The van der Waals surface area contributed by atoms with Crippen LogP contribution in [-0.4, -0.2) is 55.9 Å². The third-order valence-corrected chi connectivity index (χ3v) is 4.82. The van der Waals surface area contributed by atoms with Crippen molar-refractivity contribution in [2.24, 2.45) is 9.98 Å². The maximum atomic E-state index is 12.6. The highest BCUT2D eigenvalue weighted by Gasteiger charge is 2.20. The van der Waals surface area contributed by atoms with Gasteiger partial charge in [-0.2, -0.15) is 0 Å². The lowest BCUT2D eigenvalue weighted by Gasteiger charge is -2.26. The number of morpholine rings is 1. The number of ether oxygens (including phenoxy) is 2.